The van der Waals surface area contributed by atoms with Crippen molar-refractivity contribution in [1.29, 1.82) is 0 Å². The second-order valence-corrected chi connectivity index (χ2v) is 7.09. The normalized spacial score (nSPS) is 22.4. The van der Waals surface area contributed by atoms with Gasteiger partial charge in [0.2, 0.25) is 11.8 Å². The molecule has 1 saturated heterocycles. The Labute approximate surface area is 133 Å². The van der Waals surface area contributed by atoms with Crippen LogP contribution in [0.2, 0.25) is 0 Å². The van der Waals surface area contributed by atoms with Gasteiger partial charge in [-0.25, -0.2) is 4.98 Å². The number of carbonyl (C=O) groups excluding carboxylic acids is 2. The van der Waals surface area contributed by atoms with Crippen LogP contribution in [0.4, 0.5) is 5.13 Å². The molecule has 0 bridgehead atoms. The van der Waals surface area contributed by atoms with Crippen LogP contribution in [0.25, 0.3) is 0 Å². The molecule has 4 N–H and O–H groups in total. The Morgan fingerprint density at radius 3 is 2.95 bits per heavy atom. The standard InChI is InChI=1S/C14H21N5O2S/c15-12(20)8-18-4-1-2-9(6-18)13(21)19-5-3-10-11(7-19)22-14(16)17-10/h9H,1-8H2,(H2,15,20)(H2,16,17)/t9-/m0/s1. The minimum Gasteiger partial charge on any atom is -0.375 e. The quantitative estimate of drug-likeness (QED) is 0.802. The first kappa shape index (κ1) is 15.2. The average Bonchev–Trinajstić information content (AvgIpc) is 2.85. The van der Waals surface area contributed by atoms with Crippen molar-refractivity contribution < 1.29 is 9.59 Å². The topological polar surface area (TPSA) is 106 Å². The molecule has 1 aromatic heterocycles. The molecule has 0 radical (unpaired) electrons. The Bertz CT molecular complexity index is 588. The molecule has 1 fully saturated rings. The van der Waals surface area contributed by atoms with Crippen LogP contribution in [0, 0.1) is 5.92 Å². The third kappa shape index (κ3) is 3.22. The lowest BCUT2D eigenvalue weighted by atomic mass is 9.95. The minimum absolute atomic E-state index is 0.0417. The fraction of sp³-hybridized carbons (Fsp3) is 0.643. The molecule has 120 valence electrons. The summed E-state index contributed by atoms with van der Waals surface area (Å²) in [5.74, 6) is -0.206. The van der Waals surface area contributed by atoms with Gasteiger partial charge in [0.25, 0.3) is 0 Å². The van der Waals surface area contributed by atoms with Crippen LogP contribution in [0.15, 0.2) is 0 Å². The zero-order valence-electron chi connectivity index (χ0n) is 12.5. The van der Waals surface area contributed by atoms with Gasteiger partial charge >= 0.3 is 0 Å². The molecule has 8 heteroatoms. The van der Waals surface area contributed by atoms with Crippen molar-refractivity contribution in [2.45, 2.75) is 25.8 Å². The van der Waals surface area contributed by atoms with Crippen LogP contribution in [-0.4, -0.2) is 52.8 Å². The van der Waals surface area contributed by atoms with Crippen molar-refractivity contribution in [1.82, 2.24) is 14.8 Å². The number of carbonyl (C=O) groups is 2. The van der Waals surface area contributed by atoms with Crippen molar-refractivity contribution in [3.63, 3.8) is 0 Å². The van der Waals surface area contributed by atoms with Gasteiger partial charge in [-0.2, -0.15) is 0 Å². The lowest BCUT2D eigenvalue weighted by molar-refractivity contribution is -0.139. The summed E-state index contributed by atoms with van der Waals surface area (Å²) in [6, 6.07) is 0. The van der Waals surface area contributed by atoms with Gasteiger partial charge in [-0.15, -0.1) is 11.3 Å². The van der Waals surface area contributed by atoms with E-state index in [1.807, 2.05) is 9.80 Å². The third-order valence-electron chi connectivity index (χ3n) is 4.29. The number of aromatic nitrogens is 1. The summed E-state index contributed by atoms with van der Waals surface area (Å²) in [5, 5.41) is 0.574. The smallest absolute Gasteiger partial charge is 0.231 e. The van der Waals surface area contributed by atoms with E-state index in [0.29, 0.717) is 24.8 Å². The monoisotopic (exact) mass is 323 g/mol. The number of amides is 2. The minimum atomic E-state index is -0.337. The molecule has 0 aliphatic carbocycles. The SMILES string of the molecule is NC(=O)CN1CCC[C@H](C(=O)N2CCc3nc(N)sc3C2)C1. The zero-order valence-corrected chi connectivity index (χ0v) is 13.3. The molecule has 7 nitrogen and oxygen atoms in total. The molecule has 1 aromatic rings. The van der Waals surface area contributed by atoms with Gasteiger partial charge in [-0.1, -0.05) is 0 Å². The molecule has 0 unspecified atom stereocenters. The van der Waals surface area contributed by atoms with E-state index in [-0.39, 0.29) is 24.3 Å². The summed E-state index contributed by atoms with van der Waals surface area (Å²) in [6.07, 6.45) is 2.57. The number of anilines is 1. The van der Waals surface area contributed by atoms with Gasteiger partial charge in [0.15, 0.2) is 5.13 Å². The molecule has 3 heterocycles. The lowest BCUT2D eigenvalue weighted by Crippen LogP contribution is -2.47. The molecule has 2 amide bonds. The predicted octanol–water partition coefficient (Wildman–Crippen LogP) is -0.193. The number of thiazole rings is 1. The number of hydrogen-bond donors (Lipinski definition) is 2. The van der Waals surface area contributed by atoms with E-state index < -0.39 is 0 Å². The van der Waals surface area contributed by atoms with Crippen LogP contribution >= 0.6 is 11.3 Å². The number of primary amides is 1. The Morgan fingerprint density at radius 2 is 2.18 bits per heavy atom. The van der Waals surface area contributed by atoms with Crippen LogP contribution in [0.3, 0.4) is 0 Å². The molecule has 0 spiro atoms. The lowest BCUT2D eigenvalue weighted by Gasteiger charge is -2.35. The Balaban J connectivity index is 1.63. The highest BCUT2D eigenvalue weighted by molar-refractivity contribution is 7.15. The summed E-state index contributed by atoms with van der Waals surface area (Å²) in [4.78, 5) is 33.1. The van der Waals surface area contributed by atoms with Crippen LogP contribution in [-0.2, 0) is 22.6 Å². The fourth-order valence-corrected chi connectivity index (χ4v) is 4.18. The Kier molecular flexibility index (Phi) is 4.30. The number of piperidine rings is 1. The summed E-state index contributed by atoms with van der Waals surface area (Å²) >= 11 is 1.47. The molecule has 3 rings (SSSR count). The first-order valence-corrected chi connectivity index (χ1v) is 8.38. The second kappa shape index (κ2) is 6.21. The molecular weight excluding hydrogens is 302 g/mol. The van der Waals surface area contributed by atoms with Crippen molar-refractivity contribution in [2.75, 3.05) is 31.9 Å². The molecule has 1 atom stereocenters. The summed E-state index contributed by atoms with van der Waals surface area (Å²) < 4.78 is 0. The Morgan fingerprint density at radius 1 is 1.36 bits per heavy atom. The van der Waals surface area contributed by atoms with Crippen molar-refractivity contribution in [3.05, 3.63) is 10.6 Å². The average molecular weight is 323 g/mol. The highest BCUT2D eigenvalue weighted by atomic mass is 32.1. The van der Waals surface area contributed by atoms with E-state index in [9.17, 15) is 9.59 Å². The Hall–Kier alpha value is -1.67. The maximum atomic E-state index is 12.7. The van der Waals surface area contributed by atoms with Crippen molar-refractivity contribution in [2.24, 2.45) is 11.7 Å². The van der Waals surface area contributed by atoms with Crippen LogP contribution in [0.1, 0.15) is 23.4 Å². The summed E-state index contributed by atoms with van der Waals surface area (Å²) in [7, 11) is 0. The largest absolute Gasteiger partial charge is 0.375 e. The fourth-order valence-electron chi connectivity index (χ4n) is 3.28. The van der Waals surface area contributed by atoms with Crippen molar-refractivity contribution >= 4 is 28.3 Å². The zero-order chi connectivity index (χ0) is 15.7. The van der Waals surface area contributed by atoms with Crippen molar-refractivity contribution in [3.8, 4) is 0 Å². The summed E-state index contributed by atoms with van der Waals surface area (Å²) in [6.45, 7) is 2.99. The van der Waals surface area contributed by atoms with Gasteiger partial charge in [0.05, 0.1) is 24.7 Å². The van der Waals surface area contributed by atoms with Gasteiger partial charge in [0, 0.05) is 24.4 Å². The van der Waals surface area contributed by atoms with Gasteiger partial charge < -0.3 is 16.4 Å². The molecule has 0 aromatic carbocycles. The highest BCUT2D eigenvalue weighted by Crippen LogP contribution is 2.28. The van der Waals surface area contributed by atoms with E-state index in [1.165, 1.54) is 11.3 Å². The number of hydrogen-bond acceptors (Lipinski definition) is 6. The third-order valence-corrected chi connectivity index (χ3v) is 5.21. The first-order chi connectivity index (χ1) is 10.5. The molecule has 22 heavy (non-hydrogen) atoms. The maximum Gasteiger partial charge on any atom is 0.231 e. The number of nitrogen functional groups attached to an aromatic ring is 1. The van der Waals surface area contributed by atoms with Crippen LogP contribution < -0.4 is 11.5 Å². The number of nitrogens with zero attached hydrogens (tertiary/aromatic N) is 3. The van der Waals surface area contributed by atoms with E-state index in [2.05, 4.69) is 4.98 Å². The number of fused-ring (bicyclic) bond motifs is 1. The first-order valence-electron chi connectivity index (χ1n) is 7.56. The predicted molar refractivity (Wildman–Crippen MR) is 84.0 cm³/mol. The number of nitrogens with two attached hydrogens (primary N) is 2. The van der Waals surface area contributed by atoms with E-state index in [0.717, 1.165) is 36.4 Å². The van der Waals surface area contributed by atoms with E-state index >= 15 is 0 Å². The molecule has 2 aliphatic rings. The molecular formula is C14H21N5O2S. The number of likely N-dealkylation sites (tertiary alicyclic amines) is 1. The number of rotatable bonds is 3. The highest BCUT2D eigenvalue weighted by Gasteiger charge is 2.32. The van der Waals surface area contributed by atoms with Gasteiger partial charge in [0.1, 0.15) is 0 Å². The maximum absolute atomic E-state index is 12.7. The van der Waals surface area contributed by atoms with Gasteiger partial charge in [-0.05, 0) is 19.4 Å². The molecule has 2 aliphatic heterocycles. The summed E-state index contributed by atoms with van der Waals surface area (Å²) in [5.41, 5.74) is 12.0. The van der Waals surface area contributed by atoms with Gasteiger partial charge in [-0.3, -0.25) is 14.5 Å². The van der Waals surface area contributed by atoms with E-state index in [4.69, 9.17) is 11.5 Å². The molecule has 0 saturated carbocycles. The van der Waals surface area contributed by atoms with E-state index in [1.54, 1.807) is 0 Å². The van der Waals surface area contributed by atoms with Crippen LogP contribution in [0.5, 0.6) is 0 Å². The second-order valence-electron chi connectivity index (χ2n) is 5.97.